The summed E-state index contributed by atoms with van der Waals surface area (Å²) in [5.41, 5.74) is 2.40. The van der Waals surface area contributed by atoms with E-state index in [0.29, 0.717) is 22.5 Å². The van der Waals surface area contributed by atoms with E-state index in [1.54, 1.807) is 32.3 Å². The van der Waals surface area contributed by atoms with Gasteiger partial charge in [-0.05, 0) is 6.07 Å². The Morgan fingerprint density at radius 2 is 1.90 bits per heavy atom. The molecule has 0 saturated heterocycles. The first kappa shape index (κ1) is 13.8. The van der Waals surface area contributed by atoms with Gasteiger partial charge in [-0.25, -0.2) is 0 Å². The zero-order chi connectivity index (χ0) is 14.9. The number of anilines is 1. The number of nitrogens with one attached hydrogen (secondary N) is 2. The minimum atomic E-state index is -0.217. The van der Waals surface area contributed by atoms with Crippen LogP contribution in [0.4, 0.5) is 5.69 Å². The Morgan fingerprint density at radius 1 is 1.20 bits per heavy atom. The van der Waals surface area contributed by atoms with Gasteiger partial charge in [-0.2, -0.15) is 0 Å². The topological polar surface area (TPSA) is 58.2 Å². The van der Waals surface area contributed by atoms with Crippen LogP contribution in [0.3, 0.4) is 0 Å². The number of likely N-dealkylation sites (N-methyl/N-ethyl adjacent to an activating group) is 1. The van der Waals surface area contributed by atoms with E-state index in [4.69, 9.17) is 0 Å². The summed E-state index contributed by atoms with van der Waals surface area (Å²) in [4.78, 5) is 25.2. The molecule has 1 aliphatic carbocycles. The largest absolute Gasteiger partial charge is 0.388 e. The third-order valence-corrected chi connectivity index (χ3v) is 3.35. The molecule has 2 rings (SSSR count). The number of rotatable bonds is 4. The van der Waals surface area contributed by atoms with E-state index in [0.717, 1.165) is 0 Å². The van der Waals surface area contributed by atoms with Crippen molar-refractivity contribution in [2.24, 2.45) is 0 Å². The number of carbonyl (C=O) groups is 2. The van der Waals surface area contributed by atoms with E-state index in [1.165, 1.54) is 6.08 Å². The summed E-state index contributed by atoms with van der Waals surface area (Å²) < 4.78 is 0. The highest BCUT2D eigenvalue weighted by molar-refractivity contribution is 6.31. The Balaban J connectivity index is 2.77. The molecule has 0 fully saturated rings. The summed E-state index contributed by atoms with van der Waals surface area (Å²) in [5, 5.41) is 5.76. The third kappa shape index (κ3) is 1.86. The lowest BCUT2D eigenvalue weighted by Crippen LogP contribution is -2.26. The highest BCUT2D eigenvalue weighted by Crippen LogP contribution is 2.33. The van der Waals surface area contributed by atoms with Crippen LogP contribution in [0.1, 0.15) is 20.7 Å². The van der Waals surface area contributed by atoms with Gasteiger partial charge >= 0.3 is 0 Å². The second-order valence-corrected chi connectivity index (χ2v) is 4.36. The first-order chi connectivity index (χ1) is 9.56. The minimum absolute atomic E-state index is 0.217. The van der Waals surface area contributed by atoms with Crippen molar-refractivity contribution in [3.63, 3.8) is 0 Å². The Kier molecular flexibility index (Phi) is 3.57. The summed E-state index contributed by atoms with van der Waals surface area (Å²) in [6.45, 7) is 7.43. The number of fused-ring (bicyclic) bond motifs is 1. The summed E-state index contributed by atoms with van der Waals surface area (Å²) in [6.07, 6.45) is 1.41. The molecule has 1 aromatic carbocycles. The fourth-order valence-corrected chi connectivity index (χ4v) is 2.32. The molecule has 1 aromatic rings. The molecule has 0 aliphatic heterocycles. The predicted octanol–water partition coefficient (Wildman–Crippen LogP) is 2.32. The zero-order valence-electron chi connectivity index (χ0n) is 11.5. The van der Waals surface area contributed by atoms with Gasteiger partial charge in [-0.3, -0.25) is 9.59 Å². The van der Waals surface area contributed by atoms with Crippen LogP contribution in [0.25, 0.3) is 0 Å². The number of hydrogen-bond donors (Lipinski definition) is 2. The van der Waals surface area contributed by atoms with Crippen LogP contribution < -0.4 is 10.6 Å². The summed E-state index contributed by atoms with van der Waals surface area (Å²) in [7, 11) is 3.38. The van der Waals surface area contributed by atoms with Crippen molar-refractivity contribution in [2.45, 2.75) is 0 Å². The Morgan fingerprint density at radius 3 is 2.45 bits per heavy atom. The monoisotopic (exact) mass is 268 g/mol. The van der Waals surface area contributed by atoms with E-state index in [2.05, 4.69) is 23.8 Å². The number of carbonyl (C=O) groups excluding carboxylic acids is 2. The van der Waals surface area contributed by atoms with Gasteiger partial charge < -0.3 is 10.6 Å². The van der Waals surface area contributed by atoms with Gasteiger partial charge in [0.1, 0.15) is 0 Å². The molecule has 0 heterocycles. The van der Waals surface area contributed by atoms with Crippen LogP contribution in [0, 0.1) is 0 Å². The lowest BCUT2D eigenvalue weighted by atomic mass is 9.82. The molecule has 2 N–H and O–H groups in total. The molecule has 0 amide bonds. The highest BCUT2D eigenvalue weighted by Gasteiger charge is 2.33. The number of Topliss-reactive ketones (excluding diaryl/α,β-unsaturated/α-hetero) is 2. The Labute approximate surface area is 117 Å². The average Bonchev–Trinajstić information content (AvgIpc) is 2.48. The van der Waals surface area contributed by atoms with Gasteiger partial charge in [0.2, 0.25) is 0 Å². The van der Waals surface area contributed by atoms with Crippen molar-refractivity contribution in [1.29, 1.82) is 0 Å². The van der Waals surface area contributed by atoms with Crippen LogP contribution in [0.5, 0.6) is 0 Å². The van der Waals surface area contributed by atoms with Crippen LogP contribution in [0.15, 0.2) is 54.3 Å². The van der Waals surface area contributed by atoms with Crippen LogP contribution in [-0.4, -0.2) is 25.7 Å². The van der Waals surface area contributed by atoms with E-state index in [1.807, 2.05) is 0 Å². The molecule has 20 heavy (non-hydrogen) atoms. The Hall–Kier alpha value is -2.62. The molecule has 0 atom stereocenters. The molecule has 4 nitrogen and oxygen atoms in total. The summed E-state index contributed by atoms with van der Waals surface area (Å²) in [6, 6.07) is 5.16. The quantitative estimate of drug-likeness (QED) is 0.880. The van der Waals surface area contributed by atoms with Crippen molar-refractivity contribution in [1.82, 2.24) is 5.32 Å². The van der Waals surface area contributed by atoms with Gasteiger partial charge in [0.05, 0.1) is 11.1 Å². The van der Waals surface area contributed by atoms with Crippen LogP contribution >= 0.6 is 0 Å². The molecular weight excluding hydrogens is 252 g/mol. The normalized spacial score (nSPS) is 13.9. The van der Waals surface area contributed by atoms with Crippen molar-refractivity contribution in [3.8, 4) is 0 Å². The smallest absolute Gasteiger partial charge is 0.196 e. The molecular formula is C16H16N2O2. The average molecular weight is 268 g/mol. The lowest BCUT2D eigenvalue weighted by molar-refractivity contribution is 0.0979. The maximum absolute atomic E-state index is 12.6. The molecule has 0 bridgehead atoms. The van der Waals surface area contributed by atoms with Gasteiger partial charge in [0.25, 0.3) is 0 Å². The molecule has 0 aromatic heterocycles. The van der Waals surface area contributed by atoms with Gasteiger partial charge in [-0.1, -0.05) is 31.4 Å². The number of hydrogen-bond acceptors (Lipinski definition) is 4. The first-order valence-electron chi connectivity index (χ1n) is 6.20. The lowest BCUT2D eigenvalue weighted by Gasteiger charge is -2.22. The second-order valence-electron chi connectivity index (χ2n) is 4.36. The van der Waals surface area contributed by atoms with Gasteiger partial charge in [0, 0.05) is 36.6 Å². The van der Waals surface area contributed by atoms with Gasteiger partial charge in [-0.15, -0.1) is 0 Å². The first-order valence-corrected chi connectivity index (χ1v) is 6.20. The SMILES string of the molecule is C=CC1=C(C(=C)NC)C(=O)c2cccc(NC)c2C1=O. The van der Waals surface area contributed by atoms with E-state index in [-0.39, 0.29) is 22.7 Å². The number of benzene rings is 1. The molecule has 0 saturated carbocycles. The summed E-state index contributed by atoms with van der Waals surface area (Å²) >= 11 is 0. The predicted molar refractivity (Wildman–Crippen MR) is 80.1 cm³/mol. The van der Waals surface area contributed by atoms with E-state index < -0.39 is 0 Å². The number of ketones is 2. The maximum atomic E-state index is 12.6. The van der Waals surface area contributed by atoms with E-state index in [9.17, 15) is 9.59 Å². The zero-order valence-corrected chi connectivity index (χ0v) is 11.5. The fourth-order valence-electron chi connectivity index (χ4n) is 2.32. The van der Waals surface area contributed by atoms with Gasteiger partial charge in [0.15, 0.2) is 11.6 Å². The van der Waals surface area contributed by atoms with Crippen molar-refractivity contribution in [2.75, 3.05) is 19.4 Å². The molecule has 0 radical (unpaired) electrons. The van der Waals surface area contributed by atoms with Crippen molar-refractivity contribution < 1.29 is 9.59 Å². The minimum Gasteiger partial charge on any atom is -0.388 e. The number of allylic oxidation sites excluding steroid dienone is 3. The molecule has 102 valence electrons. The standard InChI is InChI=1S/C16H16N2O2/c1-5-10-13(9(2)17-3)16(20)11-7-6-8-12(18-4)14(11)15(10)19/h5-8,17-18H,1-2H2,3-4H3. The van der Waals surface area contributed by atoms with Crippen LogP contribution in [0.2, 0.25) is 0 Å². The molecule has 0 spiro atoms. The van der Waals surface area contributed by atoms with Crippen molar-refractivity contribution >= 4 is 17.3 Å². The van der Waals surface area contributed by atoms with Crippen LogP contribution in [-0.2, 0) is 0 Å². The molecule has 0 unspecified atom stereocenters. The second kappa shape index (κ2) is 5.17. The highest BCUT2D eigenvalue weighted by atomic mass is 16.1. The fraction of sp³-hybridized carbons (Fsp3) is 0.125. The Bertz CT molecular complexity index is 669. The van der Waals surface area contributed by atoms with Crippen molar-refractivity contribution in [3.05, 3.63) is 65.4 Å². The summed E-state index contributed by atoms with van der Waals surface area (Å²) in [5.74, 6) is -0.433. The molecule has 1 aliphatic rings. The van der Waals surface area contributed by atoms with E-state index >= 15 is 0 Å². The maximum Gasteiger partial charge on any atom is 0.196 e. The third-order valence-electron chi connectivity index (χ3n) is 3.35. The molecule has 4 heteroatoms.